The Bertz CT molecular complexity index is 1350. The first-order valence-electron chi connectivity index (χ1n) is 10.3. The number of hydrazone groups is 1. The van der Waals surface area contributed by atoms with Crippen molar-refractivity contribution in [3.05, 3.63) is 112 Å². The van der Waals surface area contributed by atoms with Crippen LogP contribution in [0.4, 0.5) is 5.69 Å². The Balaban J connectivity index is 0.000000795. The van der Waals surface area contributed by atoms with Gasteiger partial charge in [-0.3, -0.25) is 19.7 Å². The van der Waals surface area contributed by atoms with Crippen molar-refractivity contribution in [2.45, 2.75) is 6.92 Å². The summed E-state index contributed by atoms with van der Waals surface area (Å²) < 4.78 is 1.74. The van der Waals surface area contributed by atoms with E-state index in [1.54, 1.807) is 4.68 Å². The van der Waals surface area contributed by atoms with Crippen LogP contribution >= 0.6 is 0 Å². The number of nitro benzene ring substituents is 1. The molecule has 4 aromatic rings. The van der Waals surface area contributed by atoms with E-state index in [1.165, 1.54) is 30.5 Å². The van der Waals surface area contributed by atoms with Crippen molar-refractivity contribution in [2.24, 2.45) is 5.10 Å². The van der Waals surface area contributed by atoms with Gasteiger partial charge in [-0.05, 0) is 18.2 Å². The maximum absolute atomic E-state index is 12.3. The number of benzene rings is 3. The molecule has 0 fully saturated rings. The zero-order valence-electron chi connectivity index (χ0n) is 18.6. The molecule has 1 aromatic heterocycles. The highest BCUT2D eigenvalue weighted by molar-refractivity contribution is 5.96. The summed E-state index contributed by atoms with van der Waals surface area (Å²) in [5.74, 6) is -1.38. The van der Waals surface area contributed by atoms with Gasteiger partial charge in [-0.2, -0.15) is 10.2 Å². The number of aliphatic carboxylic acids is 1. The predicted molar refractivity (Wildman–Crippen MR) is 130 cm³/mol. The Kier molecular flexibility index (Phi) is 8.17. The van der Waals surface area contributed by atoms with Gasteiger partial charge >= 0.3 is 0 Å². The number of carboxylic acid groups (broad SMARTS) is 1. The maximum Gasteiger partial charge on any atom is 0.300 e. The van der Waals surface area contributed by atoms with Gasteiger partial charge in [0.05, 0.1) is 16.8 Å². The molecule has 0 saturated heterocycles. The molecule has 1 heterocycles. The normalized spacial score (nSPS) is 10.3. The predicted octanol–water partition coefficient (Wildman–Crippen LogP) is 4.30. The van der Waals surface area contributed by atoms with E-state index in [4.69, 9.17) is 9.90 Å². The van der Waals surface area contributed by atoms with Crippen molar-refractivity contribution < 1.29 is 19.6 Å². The highest BCUT2D eigenvalue weighted by Crippen LogP contribution is 2.22. The standard InChI is InChI=1S/C23H17N5O3.C2H4O2/c29-23(18-10-7-13-21(14-18)28(30)31)25-24-15-19-16-27(20-11-5-2-6-12-20)26-22(19)17-8-3-1-4-9-17;1-2(3)4/h1-16H,(H,25,29);1H3,(H,3,4)/b24-15+;. The molecule has 0 saturated carbocycles. The molecule has 3 aromatic carbocycles. The number of aromatic nitrogens is 2. The summed E-state index contributed by atoms with van der Waals surface area (Å²) in [5.41, 5.74) is 5.60. The number of carbonyl (C=O) groups excluding carboxylic acids is 1. The number of carboxylic acids is 1. The number of nitrogens with one attached hydrogen (secondary N) is 1. The number of nitrogens with zero attached hydrogens (tertiary/aromatic N) is 4. The molecule has 0 aliphatic rings. The Morgan fingerprint density at radius 3 is 2.29 bits per heavy atom. The highest BCUT2D eigenvalue weighted by Gasteiger charge is 2.12. The molecule has 0 unspecified atom stereocenters. The van der Waals surface area contributed by atoms with E-state index in [1.807, 2.05) is 66.9 Å². The summed E-state index contributed by atoms with van der Waals surface area (Å²) in [4.78, 5) is 31.7. The lowest BCUT2D eigenvalue weighted by Gasteiger charge is -2.00. The number of amides is 1. The monoisotopic (exact) mass is 471 g/mol. The van der Waals surface area contributed by atoms with Gasteiger partial charge in [0.1, 0.15) is 5.69 Å². The van der Waals surface area contributed by atoms with Crippen LogP contribution in [0.1, 0.15) is 22.8 Å². The molecule has 4 rings (SSSR count). The number of para-hydroxylation sites is 1. The lowest BCUT2D eigenvalue weighted by Crippen LogP contribution is -2.17. The van der Waals surface area contributed by atoms with Crippen molar-refractivity contribution in [3.63, 3.8) is 0 Å². The average Bonchev–Trinajstić information content (AvgIpc) is 3.29. The Morgan fingerprint density at radius 1 is 1.03 bits per heavy atom. The number of non-ortho nitro benzene ring substituents is 1. The van der Waals surface area contributed by atoms with Gasteiger partial charge in [-0.15, -0.1) is 0 Å². The number of hydrogen-bond acceptors (Lipinski definition) is 6. The van der Waals surface area contributed by atoms with Gasteiger partial charge in [0.25, 0.3) is 17.6 Å². The molecule has 176 valence electrons. The van der Waals surface area contributed by atoms with Crippen LogP contribution in [0.5, 0.6) is 0 Å². The van der Waals surface area contributed by atoms with E-state index < -0.39 is 16.8 Å². The molecule has 0 radical (unpaired) electrons. The zero-order chi connectivity index (χ0) is 25.2. The lowest BCUT2D eigenvalue weighted by molar-refractivity contribution is -0.384. The van der Waals surface area contributed by atoms with E-state index in [-0.39, 0.29) is 11.3 Å². The summed E-state index contributed by atoms with van der Waals surface area (Å²) in [6, 6.07) is 24.8. The molecule has 0 aliphatic carbocycles. The van der Waals surface area contributed by atoms with Crippen LogP contribution < -0.4 is 5.43 Å². The van der Waals surface area contributed by atoms with Crippen molar-refractivity contribution in [1.82, 2.24) is 15.2 Å². The second-order valence-electron chi connectivity index (χ2n) is 7.10. The average molecular weight is 471 g/mol. The minimum atomic E-state index is -0.833. The molecular formula is C25H21N5O5. The Hall–Kier alpha value is -5.12. The van der Waals surface area contributed by atoms with E-state index in [9.17, 15) is 14.9 Å². The summed E-state index contributed by atoms with van der Waals surface area (Å²) >= 11 is 0. The van der Waals surface area contributed by atoms with Gasteiger partial charge in [0.15, 0.2) is 0 Å². The van der Waals surface area contributed by atoms with E-state index in [2.05, 4.69) is 15.6 Å². The molecule has 1 amide bonds. The minimum Gasteiger partial charge on any atom is -0.481 e. The van der Waals surface area contributed by atoms with Gasteiger partial charge in [-0.1, -0.05) is 54.6 Å². The third-order valence-corrected chi connectivity index (χ3v) is 4.50. The van der Waals surface area contributed by atoms with Crippen LogP contribution in [-0.4, -0.2) is 37.9 Å². The minimum absolute atomic E-state index is 0.148. The van der Waals surface area contributed by atoms with Gasteiger partial charge in [-0.25, -0.2) is 10.1 Å². The fourth-order valence-electron chi connectivity index (χ4n) is 3.00. The number of carbonyl (C=O) groups is 2. The van der Waals surface area contributed by atoms with Crippen LogP contribution in [-0.2, 0) is 4.79 Å². The largest absolute Gasteiger partial charge is 0.481 e. The van der Waals surface area contributed by atoms with E-state index in [0.717, 1.165) is 18.2 Å². The Morgan fingerprint density at radius 2 is 1.66 bits per heavy atom. The lowest BCUT2D eigenvalue weighted by atomic mass is 10.1. The van der Waals surface area contributed by atoms with Crippen molar-refractivity contribution >= 4 is 23.8 Å². The fourth-order valence-corrected chi connectivity index (χ4v) is 3.00. The topological polar surface area (TPSA) is 140 Å². The van der Waals surface area contributed by atoms with Crippen LogP contribution in [0, 0.1) is 10.1 Å². The molecule has 0 spiro atoms. The smallest absolute Gasteiger partial charge is 0.300 e. The van der Waals surface area contributed by atoms with Gasteiger partial charge in [0, 0.05) is 41.9 Å². The SMILES string of the molecule is CC(=O)O.O=C(N/N=C/c1cn(-c2ccccc2)nc1-c1ccccc1)c1cccc([N+](=O)[O-])c1. The van der Waals surface area contributed by atoms with Crippen molar-refractivity contribution in [1.29, 1.82) is 0 Å². The van der Waals surface area contributed by atoms with Crippen molar-refractivity contribution in [3.8, 4) is 16.9 Å². The van der Waals surface area contributed by atoms with Crippen LogP contribution in [0.15, 0.2) is 96.2 Å². The summed E-state index contributed by atoms with van der Waals surface area (Å²) in [6.07, 6.45) is 3.32. The molecule has 0 aliphatic heterocycles. The Labute approximate surface area is 200 Å². The molecule has 0 bridgehead atoms. The number of nitro groups is 1. The third-order valence-electron chi connectivity index (χ3n) is 4.50. The quantitative estimate of drug-likeness (QED) is 0.244. The number of rotatable bonds is 6. The van der Waals surface area contributed by atoms with Crippen LogP contribution in [0.25, 0.3) is 16.9 Å². The first kappa shape index (κ1) is 24.5. The molecule has 10 heteroatoms. The van der Waals surface area contributed by atoms with E-state index in [0.29, 0.717) is 11.3 Å². The second-order valence-corrected chi connectivity index (χ2v) is 7.10. The second kappa shape index (κ2) is 11.7. The fraction of sp³-hybridized carbons (Fsp3) is 0.0400. The van der Waals surface area contributed by atoms with Crippen LogP contribution in [0.2, 0.25) is 0 Å². The van der Waals surface area contributed by atoms with Crippen molar-refractivity contribution in [2.75, 3.05) is 0 Å². The molecular weight excluding hydrogens is 450 g/mol. The highest BCUT2D eigenvalue weighted by atomic mass is 16.6. The molecule has 2 N–H and O–H groups in total. The van der Waals surface area contributed by atoms with Gasteiger partial charge in [0.2, 0.25) is 0 Å². The van der Waals surface area contributed by atoms with Crippen LogP contribution in [0.3, 0.4) is 0 Å². The van der Waals surface area contributed by atoms with Gasteiger partial charge < -0.3 is 5.11 Å². The number of hydrogen-bond donors (Lipinski definition) is 2. The zero-order valence-corrected chi connectivity index (χ0v) is 18.6. The summed E-state index contributed by atoms with van der Waals surface area (Å²) in [5, 5.41) is 27.0. The summed E-state index contributed by atoms with van der Waals surface area (Å²) in [7, 11) is 0. The van der Waals surface area contributed by atoms with E-state index >= 15 is 0 Å². The maximum atomic E-state index is 12.3. The molecule has 10 nitrogen and oxygen atoms in total. The molecule has 0 atom stereocenters. The first-order chi connectivity index (χ1) is 16.8. The first-order valence-corrected chi connectivity index (χ1v) is 10.3. The summed E-state index contributed by atoms with van der Waals surface area (Å²) in [6.45, 7) is 1.08. The molecule has 35 heavy (non-hydrogen) atoms. The third kappa shape index (κ3) is 6.93.